The zero-order valence-electron chi connectivity index (χ0n) is 25.8. The van der Waals surface area contributed by atoms with Crippen LogP contribution in [0.1, 0.15) is 27.0 Å². The number of aryl methyl sites for hydroxylation is 2. The molecule has 0 radical (unpaired) electrons. The van der Waals surface area contributed by atoms with Gasteiger partial charge in [-0.15, -0.1) is 11.8 Å². The molecule has 1 heterocycles. The van der Waals surface area contributed by atoms with Crippen LogP contribution in [0.4, 0.5) is 17.1 Å². The first-order valence-corrected chi connectivity index (χ1v) is 16.2. The maximum atomic E-state index is 13.7. The molecule has 0 aliphatic carbocycles. The zero-order chi connectivity index (χ0) is 32.6. The monoisotopic (exact) mass is 639 g/mol. The number of hydrogen-bond donors (Lipinski definition) is 2. The molecule has 234 valence electrons. The number of rotatable bonds is 9. The van der Waals surface area contributed by atoms with Crippen LogP contribution in [0.3, 0.4) is 0 Å². The van der Waals surface area contributed by atoms with Crippen molar-refractivity contribution in [2.75, 3.05) is 23.1 Å². The summed E-state index contributed by atoms with van der Waals surface area (Å²) < 4.78 is 5.23. The van der Waals surface area contributed by atoms with E-state index in [1.165, 1.54) is 11.8 Å². The van der Waals surface area contributed by atoms with Crippen LogP contribution in [0.5, 0.6) is 5.75 Å². The van der Waals surface area contributed by atoms with E-state index in [-0.39, 0.29) is 17.4 Å². The van der Waals surface area contributed by atoms with Gasteiger partial charge < -0.3 is 15.4 Å². The van der Waals surface area contributed by atoms with Gasteiger partial charge in [0.25, 0.3) is 11.8 Å². The second-order valence-electron chi connectivity index (χ2n) is 10.9. The van der Waals surface area contributed by atoms with Crippen LogP contribution in [-0.4, -0.2) is 30.6 Å². The molecule has 0 spiro atoms. The summed E-state index contributed by atoms with van der Waals surface area (Å²) in [6.45, 7) is 0. The molecule has 1 aliphatic heterocycles. The number of benzene rings is 5. The maximum absolute atomic E-state index is 13.7. The normalized spacial score (nSPS) is 12.3. The SMILES string of the molecule is COc1ccc(/C=C(\NC(=O)c2ccccc2)C(=O)Nc2ccc(SCC(=O)N3c4ccccc4CCc4ccccc43)cc2)cc1. The number of para-hydroxylation sites is 2. The molecule has 5 aromatic rings. The summed E-state index contributed by atoms with van der Waals surface area (Å²) in [4.78, 5) is 42.8. The fourth-order valence-corrected chi connectivity index (χ4v) is 6.15. The number of anilines is 3. The standard InChI is InChI=1S/C39H33N3O4S/c1-46-32-21-15-27(16-22-32)25-34(41-38(44)30-11-3-2-4-12-30)39(45)40-31-19-23-33(24-20-31)47-26-37(43)42-35-13-7-5-9-28(35)17-18-29-10-6-8-14-36(29)42/h2-16,19-25H,17-18,26H2,1H3,(H,40,45)(H,41,44)/b34-25-. The maximum Gasteiger partial charge on any atom is 0.272 e. The summed E-state index contributed by atoms with van der Waals surface area (Å²) in [5.41, 5.74) is 5.96. The highest BCUT2D eigenvalue weighted by Crippen LogP contribution is 2.37. The van der Waals surface area contributed by atoms with Gasteiger partial charge in [-0.2, -0.15) is 0 Å². The molecule has 0 atom stereocenters. The molecule has 7 nitrogen and oxygen atoms in total. The fraction of sp³-hybridized carbons (Fsp3) is 0.103. The number of ether oxygens (including phenoxy) is 1. The van der Waals surface area contributed by atoms with E-state index in [2.05, 4.69) is 22.8 Å². The summed E-state index contributed by atoms with van der Waals surface area (Å²) >= 11 is 1.44. The first-order valence-electron chi connectivity index (χ1n) is 15.2. The van der Waals surface area contributed by atoms with Gasteiger partial charge in [-0.05, 0) is 96.3 Å². The van der Waals surface area contributed by atoms with Gasteiger partial charge >= 0.3 is 0 Å². The first kappa shape index (κ1) is 31.4. The summed E-state index contributed by atoms with van der Waals surface area (Å²) in [7, 11) is 1.58. The number of amides is 3. The third-order valence-electron chi connectivity index (χ3n) is 7.81. The number of fused-ring (bicyclic) bond motifs is 2. The lowest BCUT2D eigenvalue weighted by Gasteiger charge is -2.25. The van der Waals surface area contributed by atoms with E-state index in [9.17, 15) is 14.4 Å². The zero-order valence-corrected chi connectivity index (χ0v) is 26.6. The van der Waals surface area contributed by atoms with E-state index in [0.717, 1.165) is 45.8 Å². The average Bonchev–Trinajstić information content (AvgIpc) is 3.28. The lowest BCUT2D eigenvalue weighted by Crippen LogP contribution is -2.30. The fourth-order valence-electron chi connectivity index (χ4n) is 5.40. The second kappa shape index (κ2) is 14.7. The average molecular weight is 640 g/mol. The van der Waals surface area contributed by atoms with Crippen molar-refractivity contribution in [1.82, 2.24) is 5.32 Å². The van der Waals surface area contributed by atoms with Gasteiger partial charge in [0, 0.05) is 16.1 Å². The Hall–Kier alpha value is -5.60. The second-order valence-corrected chi connectivity index (χ2v) is 12.0. The summed E-state index contributed by atoms with van der Waals surface area (Å²) in [5, 5.41) is 5.64. The van der Waals surface area contributed by atoms with E-state index in [1.54, 1.807) is 73.8 Å². The van der Waals surface area contributed by atoms with Crippen LogP contribution in [0.25, 0.3) is 6.08 Å². The number of nitrogens with one attached hydrogen (secondary N) is 2. The van der Waals surface area contributed by atoms with Gasteiger partial charge in [-0.1, -0.05) is 66.7 Å². The van der Waals surface area contributed by atoms with Gasteiger partial charge in [0.15, 0.2) is 0 Å². The van der Waals surface area contributed by atoms with Gasteiger partial charge in [0.2, 0.25) is 5.91 Å². The lowest BCUT2D eigenvalue weighted by atomic mass is 10.0. The first-order chi connectivity index (χ1) is 23.0. The van der Waals surface area contributed by atoms with E-state index >= 15 is 0 Å². The van der Waals surface area contributed by atoms with Crippen LogP contribution >= 0.6 is 11.8 Å². The van der Waals surface area contributed by atoms with E-state index < -0.39 is 11.8 Å². The molecule has 0 unspecified atom stereocenters. The lowest BCUT2D eigenvalue weighted by molar-refractivity contribution is -0.115. The molecule has 2 N–H and O–H groups in total. The molecule has 0 aromatic heterocycles. The largest absolute Gasteiger partial charge is 0.497 e. The van der Waals surface area contributed by atoms with Crippen LogP contribution in [0.15, 0.2) is 138 Å². The third kappa shape index (κ3) is 7.62. The van der Waals surface area contributed by atoms with Crippen molar-refractivity contribution in [3.05, 3.63) is 155 Å². The van der Waals surface area contributed by atoms with Crippen LogP contribution < -0.4 is 20.3 Å². The quantitative estimate of drug-likeness (QED) is 0.128. The minimum absolute atomic E-state index is 0.00310. The Morgan fingerprint density at radius 2 is 1.34 bits per heavy atom. The van der Waals surface area contributed by atoms with E-state index in [1.807, 2.05) is 59.5 Å². The van der Waals surface area contributed by atoms with Crippen LogP contribution in [0, 0.1) is 0 Å². The Labute approximate surface area is 278 Å². The Morgan fingerprint density at radius 1 is 0.745 bits per heavy atom. The molecule has 47 heavy (non-hydrogen) atoms. The number of carbonyl (C=O) groups is 3. The molecular formula is C39H33N3O4S. The van der Waals surface area contributed by atoms with E-state index in [4.69, 9.17) is 4.74 Å². The molecule has 0 bridgehead atoms. The topological polar surface area (TPSA) is 87.7 Å². The highest BCUT2D eigenvalue weighted by molar-refractivity contribution is 8.00. The predicted molar refractivity (Wildman–Crippen MR) is 188 cm³/mol. The van der Waals surface area contributed by atoms with Crippen molar-refractivity contribution >= 4 is 52.6 Å². The summed E-state index contributed by atoms with van der Waals surface area (Å²) in [6, 6.07) is 39.4. The van der Waals surface area contributed by atoms with Crippen molar-refractivity contribution < 1.29 is 19.1 Å². The number of carbonyl (C=O) groups excluding carboxylic acids is 3. The van der Waals surface area contributed by atoms with Gasteiger partial charge in [-0.25, -0.2) is 0 Å². The number of methoxy groups -OCH3 is 1. The van der Waals surface area contributed by atoms with Crippen LogP contribution in [-0.2, 0) is 22.4 Å². The third-order valence-corrected chi connectivity index (χ3v) is 8.81. The number of thioether (sulfide) groups is 1. The molecule has 6 rings (SSSR count). The van der Waals surface area contributed by atoms with Gasteiger partial charge in [0.1, 0.15) is 11.4 Å². The van der Waals surface area contributed by atoms with Crippen molar-refractivity contribution in [3.8, 4) is 5.75 Å². The van der Waals surface area contributed by atoms with Gasteiger partial charge in [-0.3, -0.25) is 19.3 Å². The number of nitrogens with zero attached hydrogens (tertiary/aromatic N) is 1. The van der Waals surface area contributed by atoms with Crippen molar-refractivity contribution in [2.45, 2.75) is 17.7 Å². The smallest absolute Gasteiger partial charge is 0.272 e. The molecule has 8 heteroatoms. The van der Waals surface area contributed by atoms with Gasteiger partial charge in [0.05, 0.1) is 24.2 Å². The van der Waals surface area contributed by atoms with E-state index in [0.29, 0.717) is 17.0 Å². The van der Waals surface area contributed by atoms with Crippen molar-refractivity contribution in [2.24, 2.45) is 0 Å². The molecule has 3 amide bonds. The van der Waals surface area contributed by atoms with Crippen molar-refractivity contribution in [1.29, 1.82) is 0 Å². The molecule has 0 saturated heterocycles. The Kier molecular flexibility index (Phi) is 9.79. The molecular weight excluding hydrogens is 607 g/mol. The summed E-state index contributed by atoms with van der Waals surface area (Å²) in [5.74, 6) is 0.0545. The summed E-state index contributed by atoms with van der Waals surface area (Å²) in [6.07, 6.45) is 3.37. The highest BCUT2D eigenvalue weighted by atomic mass is 32.2. The molecule has 5 aromatic carbocycles. The minimum Gasteiger partial charge on any atom is -0.497 e. The Morgan fingerprint density at radius 3 is 1.96 bits per heavy atom. The van der Waals surface area contributed by atoms with Crippen LogP contribution in [0.2, 0.25) is 0 Å². The molecule has 0 saturated carbocycles. The molecule has 0 fully saturated rings. The number of hydrogen-bond acceptors (Lipinski definition) is 5. The Bertz CT molecular complexity index is 1880. The van der Waals surface area contributed by atoms with Crippen molar-refractivity contribution in [3.63, 3.8) is 0 Å². The predicted octanol–water partition coefficient (Wildman–Crippen LogP) is 7.66. The Balaban J connectivity index is 1.15. The highest BCUT2D eigenvalue weighted by Gasteiger charge is 2.25. The molecule has 1 aliphatic rings. The minimum atomic E-state index is -0.473.